The van der Waals surface area contributed by atoms with Gasteiger partial charge in [0.2, 0.25) is 0 Å². The molecule has 4 heteroatoms. The van der Waals surface area contributed by atoms with Gasteiger partial charge in [0.15, 0.2) is 0 Å². The molecule has 2 saturated carbocycles. The molecule has 1 aromatic carbocycles. The van der Waals surface area contributed by atoms with Gasteiger partial charge in [-0.15, -0.1) is 0 Å². The van der Waals surface area contributed by atoms with Crippen molar-refractivity contribution < 1.29 is 9.90 Å². The van der Waals surface area contributed by atoms with Crippen molar-refractivity contribution in [3.63, 3.8) is 0 Å². The molecule has 0 bridgehead atoms. The van der Waals surface area contributed by atoms with Crippen LogP contribution in [-0.2, 0) is 0 Å². The third-order valence-electron chi connectivity index (χ3n) is 4.65. The number of amides is 2. The second kappa shape index (κ2) is 6.06. The normalized spacial score (nSPS) is 21.8. The number of aliphatic hydroxyl groups is 1. The molecule has 0 spiro atoms. The van der Waals surface area contributed by atoms with Crippen LogP contribution in [0, 0.1) is 5.92 Å². The van der Waals surface area contributed by atoms with Gasteiger partial charge < -0.3 is 15.7 Å². The summed E-state index contributed by atoms with van der Waals surface area (Å²) in [6.07, 6.45) is 6.02. The van der Waals surface area contributed by atoms with E-state index in [2.05, 4.69) is 22.8 Å². The largest absolute Gasteiger partial charge is 0.388 e. The molecule has 0 aromatic heterocycles. The topological polar surface area (TPSA) is 61.4 Å². The van der Waals surface area contributed by atoms with E-state index in [0.717, 1.165) is 31.2 Å². The van der Waals surface area contributed by atoms with E-state index in [4.69, 9.17) is 0 Å². The molecule has 0 heterocycles. The number of carbonyl (C=O) groups excluding carboxylic acids is 1. The Bertz CT molecular complexity index is 479. The van der Waals surface area contributed by atoms with Gasteiger partial charge in [-0.25, -0.2) is 4.79 Å². The van der Waals surface area contributed by atoms with Gasteiger partial charge >= 0.3 is 6.03 Å². The Morgan fingerprint density at radius 2 is 1.90 bits per heavy atom. The lowest BCUT2D eigenvalue weighted by atomic mass is 10.0. The molecule has 2 amide bonds. The molecule has 0 radical (unpaired) electrons. The first-order chi connectivity index (χ1) is 10.2. The van der Waals surface area contributed by atoms with Gasteiger partial charge in [-0.1, -0.05) is 43.2 Å². The van der Waals surface area contributed by atoms with Crippen molar-refractivity contribution in [2.24, 2.45) is 5.92 Å². The summed E-state index contributed by atoms with van der Waals surface area (Å²) in [7, 11) is 0. The second-order valence-electron chi connectivity index (χ2n) is 6.48. The first kappa shape index (κ1) is 14.4. The summed E-state index contributed by atoms with van der Waals surface area (Å²) in [5.74, 6) is 0.549. The standard InChI is InChI=1S/C17H24N2O2/c20-16(18-12-17(21)10-4-5-11-17)19-15(14-8-9-14)13-6-2-1-3-7-13/h1-3,6-7,14-15,21H,4-5,8-12H2,(H2,18,19,20). The van der Waals surface area contributed by atoms with Gasteiger partial charge in [-0.05, 0) is 37.2 Å². The zero-order chi connectivity index (χ0) is 14.7. The summed E-state index contributed by atoms with van der Waals surface area (Å²) in [4.78, 5) is 12.1. The van der Waals surface area contributed by atoms with Gasteiger partial charge in [0.05, 0.1) is 11.6 Å². The van der Waals surface area contributed by atoms with Crippen molar-refractivity contribution >= 4 is 6.03 Å². The molecule has 2 aliphatic rings. The zero-order valence-electron chi connectivity index (χ0n) is 12.3. The molecule has 1 unspecified atom stereocenters. The first-order valence-electron chi connectivity index (χ1n) is 7.98. The van der Waals surface area contributed by atoms with Crippen LogP contribution in [0.2, 0.25) is 0 Å². The van der Waals surface area contributed by atoms with Gasteiger partial charge in [-0.2, -0.15) is 0 Å². The van der Waals surface area contributed by atoms with E-state index < -0.39 is 5.60 Å². The molecule has 3 rings (SSSR count). The van der Waals surface area contributed by atoms with Crippen LogP contribution in [0.15, 0.2) is 30.3 Å². The molecule has 21 heavy (non-hydrogen) atoms. The monoisotopic (exact) mass is 288 g/mol. The maximum absolute atomic E-state index is 12.1. The van der Waals surface area contributed by atoms with Crippen LogP contribution in [0.4, 0.5) is 4.79 Å². The highest BCUT2D eigenvalue weighted by molar-refractivity contribution is 5.74. The van der Waals surface area contributed by atoms with Crippen molar-refractivity contribution in [3.05, 3.63) is 35.9 Å². The molecule has 2 aliphatic carbocycles. The molecule has 1 aromatic rings. The molecule has 0 saturated heterocycles. The first-order valence-corrected chi connectivity index (χ1v) is 7.98. The Hall–Kier alpha value is -1.55. The van der Waals surface area contributed by atoms with Gasteiger partial charge in [0.1, 0.15) is 0 Å². The second-order valence-corrected chi connectivity index (χ2v) is 6.48. The molecular formula is C17H24N2O2. The number of hydrogen-bond acceptors (Lipinski definition) is 2. The predicted molar refractivity (Wildman–Crippen MR) is 81.9 cm³/mol. The van der Waals surface area contributed by atoms with Crippen LogP contribution in [0.5, 0.6) is 0 Å². The minimum absolute atomic E-state index is 0.0874. The van der Waals surface area contributed by atoms with E-state index >= 15 is 0 Å². The van der Waals surface area contributed by atoms with E-state index in [1.807, 2.05) is 18.2 Å². The lowest BCUT2D eigenvalue weighted by Gasteiger charge is -2.24. The number of hydrogen-bond donors (Lipinski definition) is 3. The highest BCUT2D eigenvalue weighted by Gasteiger charge is 2.34. The Balaban J connectivity index is 1.55. The van der Waals surface area contributed by atoms with E-state index in [1.54, 1.807) is 0 Å². The highest BCUT2D eigenvalue weighted by Crippen LogP contribution is 2.40. The van der Waals surface area contributed by atoms with Gasteiger partial charge in [-0.3, -0.25) is 0 Å². The Morgan fingerprint density at radius 1 is 1.24 bits per heavy atom. The summed E-state index contributed by atoms with van der Waals surface area (Å²) in [5.41, 5.74) is 0.467. The number of carbonyl (C=O) groups is 1. The maximum atomic E-state index is 12.1. The smallest absolute Gasteiger partial charge is 0.315 e. The van der Waals surface area contributed by atoms with E-state index in [0.29, 0.717) is 12.5 Å². The van der Waals surface area contributed by atoms with Crippen molar-refractivity contribution in [1.29, 1.82) is 0 Å². The van der Waals surface area contributed by atoms with Gasteiger partial charge in [0, 0.05) is 6.54 Å². The minimum Gasteiger partial charge on any atom is -0.388 e. The summed E-state index contributed by atoms with van der Waals surface area (Å²) < 4.78 is 0. The maximum Gasteiger partial charge on any atom is 0.315 e. The number of urea groups is 1. The molecule has 4 nitrogen and oxygen atoms in total. The van der Waals surface area contributed by atoms with Crippen LogP contribution >= 0.6 is 0 Å². The summed E-state index contributed by atoms with van der Waals surface area (Å²) in [6, 6.07) is 10.0. The highest BCUT2D eigenvalue weighted by atomic mass is 16.3. The van der Waals surface area contributed by atoms with Crippen molar-refractivity contribution in [2.45, 2.75) is 50.2 Å². The Morgan fingerprint density at radius 3 is 2.52 bits per heavy atom. The fourth-order valence-corrected chi connectivity index (χ4v) is 3.21. The SMILES string of the molecule is O=C(NCC1(O)CCCC1)NC(c1ccccc1)C1CC1. The minimum atomic E-state index is -0.695. The van der Waals surface area contributed by atoms with Crippen molar-refractivity contribution in [1.82, 2.24) is 10.6 Å². The summed E-state index contributed by atoms with van der Waals surface area (Å²) in [6.45, 7) is 0.352. The third kappa shape index (κ3) is 3.76. The van der Waals surface area contributed by atoms with E-state index in [9.17, 15) is 9.90 Å². The Labute approximate surface area is 125 Å². The number of rotatable bonds is 5. The quantitative estimate of drug-likeness (QED) is 0.780. The fraction of sp³-hybridized carbons (Fsp3) is 0.588. The molecule has 2 fully saturated rings. The zero-order valence-corrected chi connectivity index (χ0v) is 12.3. The average Bonchev–Trinajstić information content (AvgIpc) is 3.25. The number of benzene rings is 1. The third-order valence-corrected chi connectivity index (χ3v) is 4.65. The van der Waals surface area contributed by atoms with Crippen LogP contribution < -0.4 is 10.6 Å². The van der Waals surface area contributed by atoms with Crippen molar-refractivity contribution in [3.8, 4) is 0 Å². The molecule has 3 N–H and O–H groups in total. The van der Waals surface area contributed by atoms with Crippen LogP contribution in [0.3, 0.4) is 0 Å². The lowest BCUT2D eigenvalue weighted by molar-refractivity contribution is 0.0500. The van der Waals surface area contributed by atoms with Gasteiger partial charge in [0.25, 0.3) is 0 Å². The predicted octanol–water partition coefficient (Wildman–Crippen LogP) is 2.74. The van der Waals surface area contributed by atoms with Crippen LogP contribution in [-0.4, -0.2) is 23.3 Å². The average molecular weight is 288 g/mol. The molecule has 0 aliphatic heterocycles. The van der Waals surface area contributed by atoms with E-state index in [-0.39, 0.29) is 12.1 Å². The van der Waals surface area contributed by atoms with Crippen LogP contribution in [0.25, 0.3) is 0 Å². The molecule has 1 atom stereocenters. The Kier molecular flexibility index (Phi) is 4.15. The van der Waals surface area contributed by atoms with E-state index in [1.165, 1.54) is 12.8 Å². The summed E-state index contributed by atoms with van der Waals surface area (Å²) in [5, 5.41) is 16.2. The number of nitrogens with one attached hydrogen (secondary N) is 2. The lowest BCUT2D eigenvalue weighted by Crippen LogP contribution is -2.46. The molecule has 114 valence electrons. The van der Waals surface area contributed by atoms with Crippen molar-refractivity contribution in [2.75, 3.05) is 6.54 Å². The molecular weight excluding hydrogens is 264 g/mol. The fourth-order valence-electron chi connectivity index (χ4n) is 3.21. The summed E-state index contributed by atoms with van der Waals surface area (Å²) >= 11 is 0. The van der Waals surface area contributed by atoms with Crippen LogP contribution in [0.1, 0.15) is 50.1 Å².